The lowest BCUT2D eigenvalue weighted by Crippen LogP contribution is -2.47. The van der Waals surface area contributed by atoms with E-state index in [0.717, 1.165) is 31.4 Å². The van der Waals surface area contributed by atoms with Crippen LogP contribution >= 0.6 is 11.6 Å². The number of hydrogen-bond donors (Lipinski definition) is 1. The zero-order chi connectivity index (χ0) is 13.6. The number of non-ortho nitro benzene ring substituents is 1. The van der Waals surface area contributed by atoms with Gasteiger partial charge in [-0.25, -0.2) is 0 Å². The molecule has 0 aliphatic carbocycles. The monoisotopic (exact) mass is 281 g/mol. The molecule has 19 heavy (non-hydrogen) atoms. The van der Waals surface area contributed by atoms with E-state index in [1.165, 1.54) is 6.07 Å². The van der Waals surface area contributed by atoms with E-state index in [1.54, 1.807) is 12.1 Å². The summed E-state index contributed by atoms with van der Waals surface area (Å²) in [6.45, 7) is 0. The highest BCUT2D eigenvalue weighted by Gasteiger charge is 2.40. The second-order valence-corrected chi connectivity index (χ2v) is 5.82. The minimum atomic E-state index is -0.378. The fourth-order valence-corrected chi connectivity index (χ4v) is 3.64. The van der Waals surface area contributed by atoms with Crippen LogP contribution in [0, 0.1) is 10.1 Å². The highest BCUT2D eigenvalue weighted by atomic mass is 35.5. The summed E-state index contributed by atoms with van der Waals surface area (Å²) in [6.07, 6.45) is 4.07. The Morgan fingerprint density at radius 1 is 1.32 bits per heavy atom. The topological polar surface area (TPSA) is 72.4 Å². The first-order chi connectivity index (χ1) is 9.06. The van der Waals surface area contributed by atoms with E-state index in [-0.39, 0.29) is 16.7 Å². The zero-order valence-electron chi connectivity index (χ0n) is 10.5. The molecule has 1 aromatic rings. The summed E-state index contributed by atoms with van der Waals surface area (Å²) in [5.74, 6) is 0. The molecule has 6 heteroatoms. The summed E-state index contributed by atoms with van der Waals surface area (Å²) in [6, 6.07) is 5.63. The Bertz CT molecular complexity index is 509. The minimum absolute atomic E-state index is 0.0914. The van der Waals surface area contributed by atoms with Crippen molar-refractivity contribution in [2.45, 2.75) is 43.8 Å². The average Bonchev–Trinajstić information content (AvgIpc) is 2.62. The Morgan fingerprint density at radius 3 is 2.53 bits per heavy atom. The minimum Gasteiger partial charge on any atom is -0.364 e. The summed E-state index contributed by atoms with van der Waals surface area (Å²) < 4.78 is 0. The maximum Gasteiger partial charge on any atom is 0.271 e. The van der Waals surface area contributed by atoms with Crippen LogP contribution in [0.25, 0.3) is 0 Å². The molecule has 0 aromatic heterocycles. The van der Waals surface area contributed by atoms with Gasteiger partial charge in [0.25, 0.3) is 5.69 Å². The highest BCUT2D eigenvalue weighted by Crippen LogP contribution is 2.42. The molecule has 1 aromatic carbocycles. The largest absolute Gasteiger partial charge is 0.364 e. The molecule has 102 valence electrons. The third-order valence-corrected chi connectivity index (χ3v) is 4.51. The first-order valence-corrected chi connectivity index (χ1v) is 6.92. The molecule has 0 saturated carbocycles. The fourth-order valence-electron chi connectivity index (χ4n) is 3.42. The fraction of sp³-hybridized carbons (Fsp3) is 0.538. The number of nitro groups is 1. The molecule has 2 unspecified atom stereocenters. The van der Waals surface area contributed by atoms with E-state index in [0.29, 0.717) is 17.1 Å². The van der Waals surface area contributed by atoms with Crippen molar-refractivity contribution >= 4 is 23.0 Å². The molecule has 2 bridgehead atoms. The van der Waals surface area contributed by atoms with Crippen LogP contribution in [0.3, 0.4) is 0 Å². The van der Waals surface area contributed by atoms with Crippen LogP contribution < -0.4 is 10.6 Å². The second kappa shape index (κ2) is 4.65. The normalized spacial score (nSPS) is 29.6. The highest BCUT2D eigenvalue weighted by molar-refractivity contribution is 6.33. The van der Waals surface area contributed by atoms with E-state index in [9.17, 15) is 10.1 Å². The Morgan fingerprint density at radius 2 is 1.95 bits per heavy atom. The molecule has 2 aliphatic rings. The number of rotatable bonds is 2. The quantitative estimate of drug-likeness (QED) is 0.668. The van der Waals surface area contributed by atoms with Crippen LogP contribution in [0.5, 0.6) is 0 Å². The van der Waals surface area contributed by atoms with Crippen molar-refractivity contribution in [3.63, 3.8) is 0 Å². The van der Waals surface area contributed by atoms with Gasteiger partial charge in [0.05, 0.1) is 15.6 Å². The first-order valence-electron chi connectivity index (χ1n) is 6.54. The van der Waals surface area contributed by atoms with Gasteiger partial charge in [0.2, 0.25) is 0 Å². The molecule has 2 saturated heterocycles. The molecule has 2 fully saturated rings. The van der Waals surface area contributed by atoms with Crippen molar-refractivity contribution in [3.05, 3.63) is 33.3 Å². The van der Waals surface area contributed by atoms with Crippen molar-refractivity contribution in [2.24, 2.45) is 5.73 Å². The maximum atomic E-state index is 10.9. The lowest BCUT2D eigenvalue weighted by molar-refractivity contribution is -0.384. The standard InChI is InChI=1S/C13H16ClN3O2/c14-12-4-3-11(17(18)19)7-13(12)16-9-1-2-10(16)6-8(15)5-9/h3-4,7-10H,1-2,5-6,15H2. The number of fused-ring (bicyclic) bond motifs is 2. The summed E-state index contributed by atoms with van der Waals surface area (Å²) in [4.78, 5) is 12.8. The van der Waals surface area contributed by atoms with Crippen LogP contribution in [-0.2, 0) is 0 Å². The van der Waals surface area contributed by atoms with Crippen LogP contribution in [0.1, 0.15) is 25.7 Å². The molecule has 5 nitrogen and oxygen atoms in total. The molecule has 2 aliphatic heterocycles. The van der Waals surface area contributed by atoms with Gasteiger partial charge in [-0.15, -0.1) is 0 Å². The molecule has 2 N–H and O–H groups in total. The number of halogens is 1. The Labute approximate surface area is 116 Å². The summed E-state index contributed by atoms with van der Waals surface area (Å²) >= 11 is 6.23. The number of nitrogens with zero attached hydrogens (tertiary/aromatic N) is 2. The summed E-state index contributed by atoms with van der Waals surface area (Å²) in [7, 11) is 0. The number of piperidine rings is 1. The van der Waals surface area contributed by atoms with Crippen LogP contribution in [0.15, 0.2) is 18.2 Å². The number of hydrogen-bond acceptors (Lipinski definition) is 4. The van der Waals surface area contributed by atoms with Crippen LogP contribution in [0.4, 0.5) is 11.4 Å². The Balaban J connectivity index is 1.98. The Hall–Kier alpha value is -1.33. The van der Waals surface area contributed by atoms with Gasteiger partial charge in [-0.05, 0) is 31.7 Å². The molecule has 0 amide bonds. The molecule has 0 spiro atoms. The average molecular weight is 282 g/mol. The van der Waals surface area contributed by atoms with Crippen molar-refractivity contribution in [3.8, 4) is 0 Å². The van der Waals surface area contributed by atoms with Crippen molar-refractivity contribution < 1.29 is 4.92 Å². The van der Waals surface area contributed by atoms with Gasteiger partial charge < -0.3 is 10.6 Å². The van der Waals surface area contributed by atoms with Gasteiger partial charge in [0.15, 0.2) is 0 Å². The van der Waals surface area contributed by atoms with E-state index in [2.05, 4.69) is 4.90 Å². The van der Waals surface area contributed by atoms with Crippen LogP contribution in [-0.4, -0.2) is 23.0 Å². The van der Waals surface area contributed by atoms with Gasteiger partial charge in [-0.2, -0.15) is 0 Å². The summed E-state index contributed by atoms with van der Waals surface area (Å²) in [5, 5.41) is 11.5. The Kier molecular flexibility index (Phi) is 3.11. The third-order valence-electron chi connectivity index (χ3n) is 4.19. The van der Waals surface area contributed by atoms with Gasteiger partial charge >= 0.3 is 0 Å². The van der Waals surface area contributed by atoms with Crippen LogP contribution in [0.2, 0.25) is 5.02 Å². The molecule has 2 heterocycles. The molecule has 0 radical (unpaired) electrons. The molecular formula is C13H16ClN3O2. The SMILES string of the molecule is NC1CC2CCC(C1)N2c1cc([N+](=O)[O-])ccc1Cl. The smallest absolute Gasteiger partial charge is 0.271 e. The second-order valence-electron chi connectivity index (χ2n) is 5.42. The van der Waals surface area contributed by atoms with Gasteiger partial charge in [-0.1, -0.05) is 11.6 Å². The van der Waals surface area contributed by atoms with Crippen molar-refractivity contribution in [1.82, 2.24) is 0 Å². The number of benzene rings is 1. The van der Waals surface area contributed by atoms with Gasteiger partial charge in [-0.3, -0.25) is 10.1 Å². The molecule has 3 rings (SSSR count). The predicted octanol–water partition coefficient (Wildman–Crippen LogP) is 2.71. The number of nitro benzene ring substituents is 1. The lowest BCUT2D eigenvalue weighted by Gasteiger charge is -2.39. The van der Waals surface area contributed by atoms with E-state index in [4.69, 9.17) is 17.3 Å². The van der Waals surface area contributed by atoms with E-state index >= 15 is 0 Å². The van der Waals surface area contributed by atoms with Gasteiger partial charge in [0, 0.05) is 30.3 Å². The van der Waals surface area contributed by atoms with Crippen molar-refractivity contribution in [2.75, 3.05) is 4.90 Å². The third kappa shape index (κ3) is 2.17. The predicted molar refractivity (Wildman–Crippen MR) is 74.6 cm³/mol. The maximum absolute atomic E-state index is 10.9. The molecular weight excluding hydrogens is 266 g/mol. The van der Waals surface area contributed by atoms with Gasteiger partial charge in [0.1, 0.15) is 0 Å². The number of nitrogens with two attached hydrogens (primary N) is 1. The summed E-state index contributed by atoms with van der Waals surface area (Å²) in [5.41, 5.74) is 6.92. The van der Waals surface area contributed by atoms with E-state index in [1.807, 2.05) is 0 Å². The first kappa shape index (κ1) is 12.7. The lowest BCUT2D eigenvalue weighted by atomic mass is 9.97. The van der Waals surface area contributed by atoms with Crippen molar-refractivity contribution in [1.29, 1.82) is 0 Å². The van der Waals surface area contributed by atoms with E-state index < -0.39 is 0 Å². The number of anilines is 1. The zero-order valence-corrected chi connectivity index (χ0v) is 11.2. The molecule has 2 atom stereocenters.